The van der Waals surface area contributed by atoms with E-state index in [0.717, 1.165) is 16.1 Å². The normalized spacial score (nSPS) is 10.5. The van der Waals surface area contributed by atoms with Gasteiger partial charge in [0.15, 0.2) is 0 Å². The number of halogens is 1. The van der Waals surface area contributed by atoms with E-state index in [1.165, 1.54) is 17.8 Å². The van der Waals surface area contributed by atoms with Crippen molar-refractivity contribution in [2.45, 2.75) is 17.6 Å². The molecule has 0 saturated heterocycles. The van der Waals surface area contributed by atoms with Crippen LogP contribution in [-0.2, 0) is 5.75 Å². The molecule has 4 heteroatoms. The number of carbonyl (C=O) groups is 1. The summed E-state index contributed by atoms with van der Waals surface area (Å²) in [7, 11) is 0. The predicted octanol–water partition coefficient (Wildman–Crippen LogP) is 5.68. The van der Waals surface area contributed by atoms with Crippen molar-refractivity contribution in [3.63, 3.8) is 0 Å². The van der Waals surface area contributed by atoms with E-state index in [1.807, 2.05) is 55.5 Å². The van der Waals surface area contributed by atoms with Gasteiger partial charge in [-0.15, -0.1) is 11.8 Å². The van der Waals surface area contributed by atoms with Crippen molar-refractivity contribution < 1.29 is 9.18 Å². The van der Waals surface area contributed by atoms with Gasteiger partial charge in [0, 0.05) is 21.9 Å². The molecule has 0 aliphatic carbocycles. The van der Waals surface area contributed by atoms with E-state index in [-0.39, 0.29) is 11.7 Å². The van der Waals surface area contributed by atoms with Crippen LogP contribution in [0.4, 0.5) is 10.1 Å². The molecule has 0 heterocycles. The second-order valence-corrected chi connectivity index (χ2v) is 6.73. The highest BCUT2D eigenvalue weighted by Gasteiger charge is 2.09. The lowest BCUT2D eigenvalue weighted by Crippen LogP contribution is -2.13. The molecule has 126 valence electrons. The molecule has 0 unspecified atom stereocenters. The molecule has 0 fully saturated rings. The van der Waals surface area contributed by atoms with Crippen molar-refractivity contribution in [2.24, 2.45) is 0 Å². The summed E-state index contributed by atoms with van der Waals surface area (Å²) in [5, 5.41) is 2.92. The molecule has 25 heavy (non-hydrogen) atoms. The fourth-order valence-corrected chi connectivity index (χ4v) is 3.41. The summed E-state index contributed by atoms with van der Waals surface area (Å²) in [6, 6.07) is 21.8. The first kappa shape index (κ1) is 17.2. The Labute approximate surface area is 151 Å². The summed E-state index contributed by atoms with van der Waals surface area (Å²) in [5.74, 6) is 0.218. The molecule has 0 atom stereocenters. The third kappa shape index (κ3) is 4.48. The van der Waals surface area contributed by atoms with E-state index in [9.17, 15) is 9.18 Å². The molecule has 1 amide bonds. The number of thioether (sulfide) groups is 1. The maximum absolute atomic E-state index is 13.7. The SMILES string of the molecule is Cc1ccccc1C(=O)Nc1cccc(SCc2ccccc2F)c1. The molecule has 3 aromatic carbocycles. The number of benzene rings is 3. The highest BCUT2D eigenvalue weighted by atomic mass is 32.2. The van der Waals surface area contributed by atoms with E-state index in [2.05, 4.69) is 5.32 Å². The Kier molecular flexibility index (Phi) is 5.51. The van der Waals surface area contributed by atoms with Gasteiger partial charge in [0.2, 0.25) is 0 Å². The first-order chi connectivity index (χ1) is 12.1. The standard InChI is InChI=1S/C21H18FNOS/c1-15-7-2-4-11-19(15)21(24)23-17-9-6-10-18(13-17)25-14-16-8-3-5-12-20(16)22/h2-13H,14H2,1H3,(H,23,24). The van der Waals surface area contributed by atoms with Crippen molar-refractivity contribution in [1.82, 2.24) is 0 Å². The van der Waals surface area contributed by atoms with E-state index < -0.39 is 0 Å². The van der Waals surface area contributed by atoms with Gasteiger partial charge in [-0.2, -0.15) is 0 Å². The minimum absolute atomic E-state index is 0.130. The molecule has 0 saturated carbocycles. The molecule has 1 N–H and O–H groups in total. The minimum atomic E-state index is -0.195. The van der Waals surface area contributed by atoms with Crippen LogP contribution in [0.5, 0.6) is 0 Å². The number of hydrogen-bond acceptors (Lipinski definition) is 2. The zero-order valence-electron chi connectivity index (χ0n) is 13.8. The lowest BCUT2D eigenvalue weighted by molar-refractivity contribution is 0.102. The van der Waals surface area contributed by atoms with Crippen LogP contribution < -0.4 is 5.32 Å². The summed E-state index contributed by atoms with van der Waals surface area (Å²) in [6.07, 6.45) is 0. The summed E-state index contributed by atoms with van der Waals surface area (Å²) >= 11 is 1.54. The second-order valence-electron chi connectivity index (χ2n) is 5.68. The summed E-state index contributed by atoms with van der Waals surface area (Å²) in [5.41, 5.74) is 2.99. The molecule has 3 rings (SSSR count). The number of nitrogens with one attached hydrogen (secondary N) is 1. The maximum Gasteiger partial charge on any atom is 0.255 e. The average molecular weight is 351 g/mol. The number of aryl methyl sites for hydroxylation is 1. The molecule has 0 aliphatic rings. The Bertz CT molecular complexity index is 894. The predicted molar refractivity (Wildman–Crippen MR) is 102 cm³/mol. The third-order valence-electron chi connectivity index (χ3n) is 3.83. The van der Waals surface area contributed by atoms with Crippen molar-refractivity contribution in [2.75, 3.05) is 5.32 Å². The molecular weight excluding hydrogens is 333 g/mol. The van der Waals surface area contributed by atoms with Gasteiger partial charge < -0.3 is 5.32 Å². The molecule has 0 aromatic heterocycles. The van der Waals surface area contributed by atoms with Gasteiger partial charge in [-0.1, -0.05) is 42.5 Å². The number of hydrogen-bond donors (Lipinski definition) is 1. The highest BCUT2D eigenvalue weighted by Crippen LogP contribution is 2.26. The van der Waals surface area contributed by atoms with Crippen LogP contribution in [0.3, 0.4) is 0 Å². The lowest BCUT2D eigenvalue weighted by atomic mass is 10.1. The second kappa shape index (κ2) is 7.99. The number of anilines is 1. The van der Waals surface area contributed by atoms with E-state index in [4.69, 9.17) is 0 Å². The topological polar surface area (TPSA) is 29.1 Å². The first-order valence-electron chi connectivity index (χ1n) is 7.97. The Morgan fingerprint density at radius 3 is 2.56 bits per heavy atom. The minimum Gasteiger partial charge on any atom is -0.322 e. The van der Waals surface area contributed by atoms with Crippen LogP contribution >= 0.6 is 11.8 Å². The third-order valence-corrected chi connectivity index (χ3v) is 4.88. The van der Waals surface area contributed by atoms with Gasteiger partial charge in [0.25, 0.3) is 5.91 Å². The smallest absolute Gasteiger partial charge is 0.255 e. The van der Waals surface area contributed by atoms with Crippen LogP contribution in [0.25, 0.3) is 0 Å². The quantitative estimate of drug-likeness (QED) is 0.599. The highest BCUT2D eigenvalue weighted by molar-refractivity contribution is 7.98. The summed E-state index contributed by atoms with van der Waals surface area (Å²) in [6.45, 7) is 1.91. The molecule has 0 bridgehead atoms. The first-order valence-corrected chi connectivity index (χ1v) is 8.95. The summed E-state index contributed by atoms with van der Waals surface area (Å²) in [4.78, 5) is 13.4. The van der Waals surface area contributed by atoms with Gasteiger partial charge in [0.05, 0.1) is 0 Å². The monoisotopic (exact) mass is 351 g/mol. The van der Waals surface area contributed by atoms with E-state index >= 15 is 0 Å². The molecule has 2 nitrogen and oxygen atoms in total. The van der Waals surface area contributed by atoms with Crippen molar-refractivity contribution in [3.05, 3.63) is 95.3 Å². The van der Waals surface area contributed by atoms with E-state index in [1.54, 1.807) is 18.2 Å². The van der Waals surface area contributed by atoms with Crippen molar-refractivity contribution >= 4 is 23.4 Å². The zero-order chi connectivity index (χ0) is 17.6. The van der Waals surface area contributed by atoms with Crippen molar-refractivity contribution in [1.29, 1.82) is 0 Å². The number of amides is 1. The fourth-order valence-electron chi connectivity index (χ4n) is 2.47. The van der Waals surface area contributed by atoms with Crippen LogP contribution in [-0.4, -0.2) is 5.91 Å². The van der Waals surface area contributed by atoms with Gasteiger partial charge >= 0.3 is 0 Å². The van der Waals surface area contributed by atoms with Crippen LogP contribution in [0, 0.1) is 12.7 Å². The number of rotatable bonds is 5. The van der Waals surface area contributed by atoms with Crippen molar-refractivity contribution in [3.8, 4) is 0 Å². The molecule has 0 aliphatic heterocycles. The fraction of sp³-hybridized carbons (Fsp3) is 0.0952. The Balaban J connectivity index is 1.68. The largest absolute Gasteiger partial charge is 0.322 e. The van der Waals surface area contributed by atoms with Gasteiger partial charge in [-0.05, 0) is 48.4 Å². The molecule has 0 radical (unpaired) electrons. The maximum atomic E-state index is 13.7. The van der Waals surface area contributed by atoms with Crippen LogP contribution in [0.1, 0.15) is 21.5 Å². The molecule has 3 aromatic rings. The molecule has 0 spiro atoms. The Hall–Kier alpha value is -2.59. The van der Waals surface area contributed by atoms with Crippen LogP contribution in [0.2, 0.25) is 0 Å². The van der Waals surface area contributed by atoms with E-state index in [0.29, 0.717) is 16.9 Å². The Morgan fingerprint density at radius 1 is 1.00 bits per heavy atom. The molecular formula is C21H18FNOS. The summed E-state index contributed by atoms with van der Waals surface area (Å²) < 4.78 is 13.7. The van der Waals surface area contributed by atoms with Crippen LogP contribution in [0.15, 0.2) is 77.7 Å². The lowest BCUT2D eigenvalue weighted by Gasteiger charge is -2.09. The van der Waals surface area contributed by atoms with Gasteiger partial charge in [-0.25, -0.2) is 4.39 Å². The van der Waals surface area contributed by atoms with Gasteiger partial charge in [0.1, 0.15) is 5.82 Å². The average Bonchev–Trinajstić information content (AvgIpc) is 2.62. The Morgan fingerprint density at radius 2 is 1.76 bits per heavy atom. The number of carbonyl (C=O) groups excluding carboxylic acids is 1. The zero-order valence-corrected chi connectivity index (χ0v) is 14.6. The van der Waals surface area contributed by atoms with Gasteiger partial charge in [-0.3, -0.25) is 4.79 Å².